The number of benzene rings is 1. The Morgan fingerprint density at radius 1 is 1.25 bits per heavy atom. The summed E-state index contributed by atoms with van der Waals surface area (Å²) < 4.78 is 37.5. The van der Waals surface area contributed by atoms with Gasteiger partial charge >= 0.3 is 12.1 Å². The van der Waals surface area contributed by atoms with Gasteiger partial charge in [-0.05, 0) is 37.6 Å². The van der Waals surface area contributed by atoms with E-state index >= 15 is 0 Å². The zero-order valence-corrected chi connectivity index (χ0v) is 13.3. The number of hydrogen-bond acceptors (Lipinski definition) is 4. The number of aromatic nitrogens is 1. The molecule has 0 fully saturated rings. The first-order valence-corrected chi connectivity index (χ1v) is 7.65. The number of aryl methyl sites for hydroxylation is 2. The summed E-state index contributed by atoms with van der Waals surface area (Å²) in [4.78, 5) is 27.5. The number of halogens is 3. The molecular weight excluding hydrogens is 345 g/mol. The van der Waals surface area contributed by atoms with E-state index in [2.05, 4.69) is 10.3 Å². The molecule has 24 heavy (non-hydrogen) atoms. The molecule has 0 unspecified atom stereocenters. The lowest BCUT2D eigenvalue weighted by molar-refractivity contribution is -0.138. The molecule has 2 rings (SSSR count). The van der Waals surface area contributed by atoms with Crippen LogP contribution in [0.2, 0.25) is 0 Å². The number of amides is 1. The van der Waals surface area contributed by atoms with Crippen LogP contribution in [0, 0.1) is 6.92 Å². The zero-order chi connectivity index (χ0) is 17.9. The van der Waals surface area contributed by atoms with E-state index in [1.54, 1.807) is 6.92 Å². The number of rotatable bonds is 5. The van der Waals surface area contributed by atoms with Crippen molar-refractivity contribution in [2.45, 2.75) is 25.9 Å². The monoisotopic (exact) mass is 358 g/mol. The first-order valence-electron chi connectivity index (χ1n) is 6.83. The molecule has 0 spiro atoms. The van der Waals surface area contributed by atoms with Crippen molar-refractivity contribution in [3.63, 3.8) is 0 Å². The van der Waals surface area contributed by atoms with Gasteiger partial charge in [-0.25, -0.2) is 4.98 Å². The Bertz CT molecular complexity index is 754. The fourth-order valence-corrected chi connectivity index (χ4v) is 2.87. The molecule has 2 aromatic rings. The predicted octanol–water partition coefficient (Wildman–Crippen LogP) is 3.74. The minimum atomic E-state index is -4.46. The van der Waals surface area contributed by atoms with Crippen LogP contribution in [0.3, 0.4) is 0 Å². The van der Waals surface area contributed by atoms with Gasteiger partial charge in [0.1, 0.15) is 0 Å². The molecule has 128 valence electrons. The summed E-state index contributed by atoms with van der Waals surface area (Å²) in [5, 5.41) is 11.5. The third-order valence-electron chi connectivity index (χ3n) is 3.15. The molecule has 1 heterocycles. The second-order valence-electron chi connectivity index (χ2n) is 4.95. The fraction of sp³-hybridized carbons (Fsp3) is 0.267. The van der Waals surface area contributed by atoms with Gasteiger partial charge in [0.15, 0.2) is 5.13 Å². The van der Waals surface area contributed by atoms with Crippen LogP contribution in [0.4, 0.5) is 18.3 Å². The molecule has 1 amide bonds. The first kappa shape index (κ1) is 17.9. The molecule has 9 heteroatoms. The fourth-order valence-electron chi connectivity index (χ4n) is 1.91. The van der Waals surface area contributed by atoms with Crippen LogP contribution in [0.5, 0.6) is 0 Å². The minimum absolute atomic E-state index is 0.0463. The van der Waals surface area contributed by atoms with Gasteiger partial charge in [0.05, 0.1) is 17.7 Å². The predicted molar refractivity (Wildman–Crippen MR) is 82.2 cm³/mol. The van der Waals surface area contributed by atoms with E-state index in [1.807, 2.05) is 0 Å². The normalized spacial score (nSPS) is 11.3. The van der Waals surface area contributed by atoms with Gasteiger partial charge in [0.2, 0.25) is 0 Å². The standard InChI is InChI=1S/C15H13F3N2O3S/c1-8-11(6-7-12(21)22)24-14(19-8)20-13(23)9-2-4-10(5-3-9)15(16,17)18/h2-5H,6-7H2,1H3,(H,21,22)(H,19,20,23). The number of carboxylic acid groups (broad SMARTS) is 1. The second-order valence-corrected chi connectivity index (χ2v) is 6.03. The SMILES string of the molecule is Cc1nc(NC(=O)c2ccc(C(F)(F)F)cc2)sc1CCC(=O)O. The van der Waals surface area contributed by atoms with Crippen LogP contribution in [0.15, 0.2) is 24.3 Å². The number of nitrogens with one attached hydrogen (secondary N) is 1. The maximum absolute atomic E-state index is 12.5. The molecule has 5 nitrogen and oxygen atoms in total. The Balaban J connectivity index is 2.07. The summed E-state index contributed by atoms with van der Waals surface area (Å²) in [6.07, 6.45) is -4.20. The Morgan fingerprint density at radius 3 is 2.42 bits per heavy atom. The van der Waals surface area contributed by atoms with Gasteiger partial charge in [-0.1, -0.05) is 0 Å². The summed E-state index contributed by atoms with van der Waals surface area (Å²) in [5.74, 6) is -1.51. The van der Waals surface area contributed by atoms with Crippen LogP contribution in [0.1, 0.15) is 32.9 Å². The molecule has 0 aliphatic rings. The molecular formula is C15H13F3N2O3S. The maximum Gasteiger partial charge on any atom is 0.416 e. The van der Waals surface area contributed by atoms with Crippen molar-refractivity contribution in [1.29, 1.82) is 0 Å². The molecule has 0 saturated heterocycles. The van der Waals surface area contributed by atoms with Crippen molar-refractivity contribution in [2.24, 2.45) is 0 Å². The number of nitrogens with zero attached hydrogens (tertiary/aromatic N) is 1. The van der Waals surface area contributed by atoms with Crippen molar-refractivity contribution >= 4 is 28.3 Å². The smallest absolute Gasteiger partial charge is 0.416 e. The van der Waals surface area contributed by atoms with Gasteiger partial charge in [-0.2, -0.15) is 13.2 Å². The summed E-state index contributed by atoms with van der Waals surface area (Å²) in [6, 6.07) is 3.84. The number of carboxylic acids is 1. The zero-order valence-electron chi connectivity index (χ0n) is 12.5. The molecule has 0 aliphatic carbocycles. The van der Waals surface area contributed by atoms with E-state index in [0.717, 1.165) is 40.5 Å². The molecule has 0 bridgehead atoms. The Morgan fingerprint density at radius 2 is 1.88 bits per heavy atom. The van der Waals surface area contributed by atoms with Crippen molar-refractivity contribution in [3.05, 3.63) is 46.0 Å². The Labute approximate surface area is 139 Å². The number of anilines is 1. The van der Waals surface area contributed by atoms with Gasteiger partial charge in [-0.15, -0.1) is 11.3 Å². The topological polar surface area (TPSA) is 79.3 Å². The summed E-state index contributed by atoms with van der Waals surface area (Å²) in [5.41, 5.74) is -0.146. The number of carbonyl (C=O) groups is 2. The van der Waals surface area contributed by atoms with Crippen molar-refractivity contribution in [2.75, 3.05) is 5.32 Å². The average molecular weight is 358 g/mol. The van der Waals surface area contributed by atoms with Crippen LogP contribution in [-0.4, -0.2) is 22.0 Å². The van der Waals surface area contributed by atoms with Gasteiger partial charge in [-0.3, -0.25) is 14.9 Å². The summed E-state index contributed by atoms with van der Waals surface area (Å²) in [6.45, 7) is 1.70. The number of aliphatic carboxylic acids is 1. The largest absolute Gasteiger partial charge is 0.481 e. The van der Waals surface area contributed by atoms with Crippen LogP contribution >= 0.6 is 11.3 Å². The van der Waals surface area contributed by atoms with E-state index in [-0.39, 0.29) is 17.1 Å². The van der Waals surface area contributed by atoms with Crippen molar-refractivity contribution in [3.8, 4) is 0 Å². The minimum Gasteiger partial charge on any atom is -0.481 e. The molecule has 0 atom stereocenters. The lowest BCUT2D eigenvalue weighted by Crippen LogP contribution is -2.12. The Hall–Kier alpha value is -2.42. The third-order valence-corrected chi connectivity index (χ3v) is 4.29. The lowest BCUT2D eigenvalue weighted by atomic mass is 10.1. The first-order chi connectivity index (χ1) is 11.2. The molecule has 2 N–H and O–H groups in total. The summed E-state index contributed by atoms with van der Waals surface area (Å²) in [7, 11) is 0. The second kappa shape index (κ2) is 7.00. The number of alkyl halides is 3. The summed E-state index contributed by atoms with van der Waals surface area (Å²) >= 11 is 1.15. The van der Waals surface area contributed by atoms with Gasteiger partial charge in [0, 0.05) is 10.4 Å². The highest BCUT2D eigenvalue weighted by atomic mass is 32.1. The van der Waals surface area contributed by atoms with Crippen molar-refractivity contribution < 1.29 is 27.9 Å². The van der Waals surface area contributed by atoms with Gasteiger partial charge in [0.25, 0.3) is 5.91 Å². The molecule has 1 aromatic carbocycles. The molecule has 0 saturated carbocycles. The van der Waals surface area contributed by atoms with Crippen molar-refractivity contribution in [1.82, 2.24) is 4.98 Å². The molecule has 0 aliphatic heterocycles. The average Bonchev–Trinajstić information content (AvgIpc) is 2.84. The highest BCUT2D eigenvalue weighted by Crippen LogP contribution is 2.29. The molecule has 1 aromatic heterocycles. The lowest BCUT2D eigenvalue weighted by Gasteiger charge is -2.07. The van der Waals surface area contributed by atoms with Crippen LogP contribution < -0.4 is 5.32 Å². The third kappa shape index (κ3) is 4.54. The van der Waals surface area contributed by atoms with Gasteiger partial charge < -0.3 is 5.11 Å². The van der Waals surface area contributed by atoms with E-state index in [0.29, 0.717) is 12.1 Å². The van der Waals surface area contributed by atoms with E-state index < -0.39 is 23.6 Å². The highest BCUT2D eigenvalue weighted by molar-refractivity contribution is 7.15. The van der Waals surface area contributed by atoms with Crippen LogP contribution in [-0.2, 0) is 17.4 Å². The number of hydrogen-bond donors (Lipinski definition) is 2. The van der Waals surface area contributed by atoms with E-state index in [1.165, 1.54) is 0 Å². The van der Waals surface area contributed by atoms with E-state index in [9.17, 15) is 22.8 Å². The Kier molecular flexibility index (Phi) is 5.23. The number of carbonyl (C=O) groups excluding carboxylic acids is 1. The number of thiazole rings is 1. The quantitative estimate of drug-likeness (QED) is 0.853. The highest BCUT2D eigenvalue weighted by Gasteiger charge is 2.30. The van der Waals surface area contributed by atoms with E-state index in [4.69, 9.17) is 5.11 Å². The maximum atomic E-state index is 12.5. The van der Waals surface area contributed by atoms with Crippen LogP contribution in [0.25, 0.3) is 0 Å². The molecule has 0 radical (unpaired) electrons.